The molecular weight excluding hydrogens is 354 g/mol. The topological polar surface area (TPSA) is 20.3 Å². The number of nitrogens with zero attached hydrogens (tertiary/aromatic N) is 1. The molecule has 29 heavy (non-hydrogen) atoms. The second-order valence-electron chi connectivity index (χ2n) is 8.28. The molecule has 0 aliphatic carbocycles. The summed E-state index contributed by atoms with van der Waals surface area (Å²) in [6, 6.07) is 29.0. The molecule has 3 aromatic rings. The molecule has 1 aliphatic rings. The molecule has 0 radical (unpaired) electrons. The number of rotatable bonds is 5. The monoisotopic (exact) mass is 381 g/mol. The smallest absolute Gasteiger partial charge is 0.158 e. The van der Waals surface area contributed by atoms with Crippen LogP contribution in [0.2, 0.25) is 0 Å². The molecule has 1 aliphatic heterocycles. The molecule has 0 bridgehead atoms. The number of hydrogen-bond acceptors (Lipinski definition) is 2. The van der Waals surface area contributed by atoms with Crippen LogP contribution in [-0.4, -0.2) is 12.8 Å². The van der Waals surface area contributed by atoms with E-state index >= 15 is 0 Å². The summed E-state index contributed by atoms with van der Waals surface area (Å²) < 4.78 is 0. The fourth-order valence-corrected chi connectivity index (χ4v) is 4.47. The molecule has 0 aromatic heterocycles. The predicted octanol–water partition coefficient (Wildman–Crippen LogP) is 6.09. The van der Waals surface area contributed by atoms with Crippen molar-refractivity contribution < 1.29 is 4.79 Å². The zero-order valence-electron chi connectivity index (χ0n) is 17.3. The SMILES string of the molecule is CN1/C(=C/C(=O)CC(c2ccccc2)c2ccccc2)C(C)(C)c2ccccc21. The minimum absolute atomic E-state index is 0.0546. The van der Waals surface area contributed by atoms with Crippen LogP contribution in [0.5, 0.6) is 0 Å². The van der Waals surface area contributed by atoms with E-state index in [-0.39, 0.29) is 17.1 Å². The van der Waals surface area contributed by atoms with E-state index in [1.54, 1.807) is 0 Å². The molecule has 2 heteroatoms. The van der Waals surface area contributed by atoms with Crippen molar-refractivity contribution in [1.29, 1.82) is 0 Å². The second kappa shape index (κ2) is 7.71. The van der Waals surface area contributed by atoms with Gasteiger partial charge in [0.25, 0.3) is 0 Å². The Labute approximate surface area is 173 Å². The van der Waals surface area contributed by atoms with Gasteiger partial charge in [-0.3, -0.25) is 4.79 Å². The Kier molecular flexibility index (Phi) is 5.10. The Bertz CT molecular complexity index is 995. The van der Waals surface area contributed by atoms with Crippen LogP contribution >= 0.6 is 0 Å². The van der Waals surface area contributed by atoms with Gasteiger partial charge in [-0.1, -0.05) is 92.7 Å². The van der Waals surface area contributed by atoms with E-state index in [0.717, 1.165) is 5.70 Å². The molecular formula is C27H27NO. The van der Waals surface area contributed by atoms with Crippen molar-refractivity contribution in [2.24, 2.45) is 0 Å². The lowest BCUT2D eigenvalue weighted by Crippen LogP contribution is -2.24. The van der Waals surface area contributed by atoms with Gasteiger partial charge in [-0.2, -0.15) is 0 Å². The molecule has 0 spiro atoms. The summed E-state index contributed by atoms with van der Waals surface area (Å²) in [7, 11) is 2.05. The summed E-state index contributed by atoms with van der Waals surface area (Å²) in [6.07, 6.45) is 2.32. The molecule has 0 fully saturated rings. The van der Waals surface area contributed by atoms with Gasteiger partial charge in [-0.15, -0.1) is 0 Å². The molecule has 4 rings (SSSR count). The van der Waals surface area contributed by atoms with Crippen molar-refractivity contribution in [3.8, 4) is 0 Å². The minimum Gasteiger partial charge on any atom is -0.347 e. The highest BCUT2D eigenvalue weighted by molar-refractivity contribution is 5.93. The molecule has 0 saturated heterocycles. The number of carbonyl (C=O) groups excluding carboxylic acids is 1. The van der Waals surface area contributed by atoms with Gasteiger partial charge in [0.1, 0.15) is 0 Å². The lowest BCUT2D eigenvalue weighted by atomic mass is 9.82. The van der Waals surface area contributed by atoms with Crippen molar-refractivity contribution in [2.75, 3.05) is 11.9 Å². The number of allylic oxidation sites excluding steroid dienone is 2. The van der Waals surface area contributed by atoms with Crippen molar-refractivity contribution in [3.05, 3.63) is 113 Å². The van der Waals surface area contributed by atoms with Crippen LogP contribution < -0.4 is 4.90 Å². The van der Waals surface area contributed by atoms with E-state index in [2.05, 4.69) is 74.3 Å². The van der Waals surface area contributed by atoms with Crippen LogP contribution in [0, 0.1) is 0 Å². The normalized spacial score (nSPS) is 16.3. The van der Waals surface area contributed by atoms with Crippen LogP contribution in [0.4, 0.5) is 5.69 Å². The Morgan fingerprint density at radius 1 is 0.862 bits per heavy atom. The first-order valence-electron chi connectivity index (χ1n) is 10.2. The number of carbonyl (C=O) groups is 1. The van der Waals surface area contributed by atoms with Gasteiger partial charge in [0, 0.05) is 42.3 Å². The van der Waals surface area contributed by atoms with Gasteiger partial charge < -0.3 is 4.90 Å². The van der Waals surface area contributed by atoms with E-state index in [9.17, 15) is 4.79 Å². The first-order valence-corrected chi connectivity index (χ1v) is 10.2. The number of anilines is 1. The Hall–Kier alpha value is -3.13. The van der Waals surface area contributed by atoms with Gasteiger partial charge >= 0.3 is 0 Å². The third-order valence-electron chi connectivity index (χ3n) is 6.05. The molecule has 3 aromatic carbocycles. The summed E-state index contributed by atoms with van der Waals surface area (Å²) in [5.74, 6) is 0.212. The molecule has 0 amide bonds. The van der Waals surface area contributed by atoms with Crippen LogP contribution in [0.15, 0.2) is 96.7 Å². The van der Waals surface area contributed by atoms with Gasteiger partial charge in [0.05, 0.1) is 0 Å². The van der Waals surface area contributed by atoms with Gasteiger partial charge in [-0.05, 0) is 22.8 Å². The maximum atomic E-state index is 13.2. The summed E-state index contributed by atoms with van der Waals surface area (Å²) in [6.45, 7) is 4.39. The maximum absolute atomic E-state index is 13.2. The van der Waals surface area contributed by atoms with Gasteiger partial charge in [0.15, 0.2) is 5.78 Å². The number of likely N-dealkylation sites (N-methyl/N-ethyl adjacent to an activating group) is 1. The number of benzene rings is 3. The Balaban J connectivity index is 1.66. The third-order valence-corrected chi connectivity index (χ3v) is 6.05. The van der Waals surface area contributed by atoms with E-state index < -0.39 is 0 Å². The molecule has 1 heterocycles. The van der Waals surface area contributed by atoms with Gasteiger partial charge in [0.2, 0.25) is 0 Å². The quantitative estimate of drug-likeness (QED) is 0.499. The minimum atomic E-state index is -0.185. The van der Waals surface area contributed by atoms with E-state index in [0.29, 0.717) is 6.42 Å². The van der Waals surface area contributed by atoms with Crippen molar-refractivity contribution in [1.82, 2.24) is 0 Å². The van der Waals surface area contributed by atoms with Crippen molar-refractivity contribution >= 4 is 11.5 Å². The lowest BCUT2D eigenvalue weighted by molar-refractivity contribution is -0.114. The summed E-state index contributed by atoms with van der Waals surface area (Å²) in [4.78, 5) is 15.4. The Morgan fingerprint density at radius 2 is 1.38 bits per heavy atom. The first kappa shape index (κ1) is 19.2. The zero-order valence-corrected chi connectivity index (χ0v) is 17.3. The molecule has 2 nitrogen and oxygen atoms in total. The molecule has 0 atom stereocenters. The molecule has 0 saturated carbocycles. The second-order valence-corrected chi connectivity index (χ2v) is 8.28. The number of fused-ring (bicyclic) bond motifs is 1. The van der Waals surface area contributed by atoms with E-state index in [1.807, 2.05) is 42.5 Å². The summed E-state index contributed by atoms with van der Waals surface area (Å²) in [5, 5.41) is 0. The molecule has 146 valence electrons. The van der Waals surface area contributed by atoms with Crippen molar-refractivity contribution in [2.45, 2.75) is 31.6 Å². The fourth-order valence-electron chi connectivity index (χ4n) is 4.47. The van der Waals surface area contributed by atoms with Gasteiger partial charge in [-0.25, -0.2) is 0 Å². The molecule has 0 unspecified atom stereocenters. The predicted molar refractivity (Wildman–Crippen MR) is 120 cm³/mol. The average Bonchev–Trinajstić information content (AvgIpc) is 2.94. The van der Waals surface area contributed by atoms with Crippen LogP contribution in [0.3, 0.4) is 0 Å². The highest BCUT2D eigenvalue weighted by atomic mass is 16.1. The summed E-state index contributed by atoms with van der Waals surface area (Å²) in [5.41, 5.74) is 5.67. The van der Waals surface area contributed by atoms with Crippen LogP contribution in [-0.2, 0) is 10.2 Å². The average molecular weight is 382 g/mol. The first-order chi connectivity index (χ1) is 14.0. The number of para-hydroxylation sites is 1. The molecule has 0 N–H and O–H groups in total. The number of hydrogen-bond donors (Lipinski definition) is 0. The standard InChI is InChI=1S/C27H27NO/c1-27(2)24-16-10-11-17-25(24)28(3)26(27)19-22(29)18-23(20-12-6-4-7-13-20)21-14-8-5-9-15-21/h4-17,19,23H,18H2,1-3H3/b26-19+. The maximum Gasteiger partial charge on any atom is 0.158 e. The highest BCUT2D eigenvalue weighted by Crippen LogP contribution is 2.46. The van der Waals surface area contributed by atoms with Crippen LogP contribution in [0.1, 0.15) is 42.9 Å². The largest absolute Gasteiger partial charge is 0.347 e. The lowest BCUT2D eigenvalue weighted by Gasteiger charge is -2.24. The third kappa shape index (κ3) is 3.63. The number of ketones is 1. The van der Waals surface area contributed by atoms with Crippen LogP contribution in [0.25, 0.3) is 0 Å². The summed E-state index contributed by atoms with van der Waals surface area (Å²) >= 11 is 0. The fraction of sp³-hybridized carbons (Fsp3) is 0.222. The Morgan fingerprint density at radius 3 is 1.93 bits per heavy atom. The zero-order chi connectivity index (χ0) is 20.4. The van der Waals surface area contributed by atoms with E-state index in [4.69, 9.17) is 0 Å². The van der Waals surface area contributed by atoms with E-state index in [1.165, 1.54) is 22.4 Å². The van der Waals surface area contributed by atoms with Crippen molar-refractivity contribution in [3.63, 3.8) is 0 Å². The highest BCUT2D eigenvalue weighted by Gasteiger charge is 2.38.